The lowest BCUT2D eigenvalue weighted by atomic mass is 9.95. The number of rotatable bonds is 5. The van der Waals surface area contributed by atoms with E-state index in [9.17, 15) is 23.1 Å². The number of carbonyl (C=O) groups is 1. The summed E-state index contributed by atoms with van der Waals surface area (Å²) in [5.41, 5.74) is -0.763. The van der Waals surface area contributed by atoms with Crippen molar-refractivity contribution in [2.24, 2.45) is 0 Å². The van der Waals surface area contributed by atoms with Gasteiger partial charge in [-0.15, -0.1) is 0 Å². The molecule has 0 aliphatic heterocycles. The Morgan fingerprint density at radius 2 is 1.80 bits per heavy atom. The average Bonchev–Trinajstić information content (AvgIpc) is 2.61. The highest BCUT2D eigenvalue weighted by atomic mass is 19.2. The van der Waals surface area contributed by atoms with Crippen LogP contribution < -0.4 is 0 Å². The van der Waals surface area contributed by atoms with Gasteiger partial charge in [-0.2, -0.15) is 5.26 Å². The first-order valence-corrected chi connectivity index (χ1v) is 7.51. The molecule has 2 aromatic carbocycles. The molecule has 0 saturated heterocycles. The van der Waals surface area contributed by atoms with Gasteiger partial charge in [0.1, 0.15) is 17.7 Å². The van der Waals surface area contributed by atoms with Crippen LogP contribution in [0.1, 0.15) is 41.3 Å². The molecule has 0 spiro atoms. The van der Waals surface area contributed by atoms with Crippen LogP contribution in [0.4, 0.5) is 13.2 Å². The second-order valence-electron chi connectivity index (χ2n) is 5.31. The van der Waals surface area contributed by atoms with Crippen molar-refractivity contribution in [2.45, 2.75) is 19.8 Å². The number of nitrogens with zero attached hydrogens (tertiary/aromatic N) is 1. The van der Waals surface area contributed by atoms with Crippen LogP contribution in [0.2, 0.25) is 0 Å². The summed E-state index contributed by atoms with van der Waals surface area (Å²) >= 11 is 0. The minimum Gasteiger partial charge on any atom is -0.478 e. The minimum atomic E-state index is -1.36. The number of hydrogen-bond donors (Lipinski definition) is 1. The highest BCUT2D eigenvalue weighted by Gasteiger charge is 2.20. The average molecular weight is 345 g/mol. The number of carboxylic acids is 1. The zero-order valence-corrected chi connectivity index (χ0v) is 13.3. The molecule has 6 heteroatoms. The lowest BCUT2D eigenvalue weighted by Gasteiger charge is -2.10. The first kappa shape index (κ1) is 18.3. The van der Waals surface area contributed by atoms with E-state index in [-0.39, 0.29) is 34.2 Å². The van der Waals surface area contributed by atoms with Gasteiger partial charge in [-0.25, -0.2) is 18.0 Å². The van der Waals surface area contributed by atoms with Crippen molar-refractivity contribution < 1.29 is 23.1 Å². The molecule has 0 unspecified atom stereocenters. The molecule has 2 rings (SSSR count). The Bertz CT molecular complexity index is 881. The smallest absolute Gasteiger partial charge is 0.336 e. The van der Waals surface area contributed by atoms with Crippen LogP contribution in [0.3, 0.4) is 0 Å². The Balaban J connectivity index is 2.56. The van der Waals surface area contributed by atoms with Gasteiger partial charge in [-0.1, -0.05) is 31.2 Å². The minimum absolute atomic E-state index is 0.0246. The Labute approximate surface area is 142 Å². The summed E-state index contributed by atoms with van der Waals surface area (Å²) < 4.78 is 42.0. The fourth-order valence-corrected chi connectivity index (χ4v) is 2.39. The molecule has 0 saturated carbocycles. The summed E-state index contributed by atoms with van der Waals surface area (Å²) in [7, 11) is 0. The maximum atomic E-state index is 14.4. The number of halogens is 3. The largest absolute Gasteiger partial charge is 0.478 e. The van der Waals surface area contributed by atoms with E-state index in [4.69, 9.17) is 5.26 Å². The van der Waals surface area contributed by atoms with Crippen LogP contribution in [0.15, 0.2) is 42.2 Å². The Morgan fingerprint density at radius 3 is 2.32 bits per heavy atom. The zero-order valence-electron chi connectivity index (χ0n) is 13.3. The molecule has 1 N–H and O–H groups in total. The molecule has 25 heavy (non-hydrogen) atoms. The monoisotopic (exact) mass is 345 g/mol. The van der Waals surface area contributed by atoms with E-state index in [2.05, 4.69) is 0 Å². The van der Waals surface area contributed by atoms with Gasteiger partial charge in [-0.3, -0.25) is 0 Å². The van der Waals surface area contributed by atoms with Gasteiger partial charge in [0, 0.05) is 17.5 Å². The molecule has 0 radical (unpaired) electrons. The third kappa shape index (κ3) is 3.72. The van der Waals surface area contributed by atoms with Crippen LogP contribution in [-0.2, 0) is 0 Å². The first-order chi connectivity index (χ1) is 11.9. The van der Waals surface area contributed by atoms with Gasteiger partial charge in [0.25, 0.3) is 0 Å². The summed E-state index contributed by atoms with van der Waals surface area (Å²) in [4.78, 5) is 11.3. The van der Waals surface area contributed by atoms with E-state index in [0.29, 0.717) is 6.42 Å². The predicted molar refractivity (Wildman–Crippen MR) is 87.6 cm³/mol. The van der Waals surface area contributed by atoms with E-state index < -0.39 is 23.4 Å². The van der Waals surface area contributed by atoms with E-state index in [0.717, 1.165) is 12.1 Å². The standard InChI is InChI=1S/C19H14F3NO2/c1-2-3-15(20)17(21)12-6-4-11(5-7-12)16-14(19(24)25)9-8-13(10-23)18(16)22/h4-9H,2-3H2,1H3,(H,24,25). The second-order valence-corrected chi connectivity index (χ2v) is 5.31. The number of nitriles is 1. The highest BCUT2D eigenvalue weighted by molar-refractivity contribution is 5.96. The second kappa shape index (κ2) is 7.67. The predicted octanol–water partition coefficient (Wildman–Crippen LogP) is 5.47. The summed E-state index contributed by atoms with van der Waals surface area (Å²) in [5.74, 6) is -4.21. The molecule has 0 aliphatic rings. The molecule has 0 amide bonds. The molecule has 128 valence electrons. The molecule has 0 heterocycles. The summed E-state index contributed by atoms with van der Waals surface area (Å²) in [6.45, 7) is 1.72. The normalized spacial score (nSPS) is 11.6. The van der Waals surface area contributed by atoms with Crippen LogP contribution in [0.25, 0.3) is 17.0 Å². The summed E-state index contributed by atoms with van der Waals surface area (Å²) in [5, 5.41) is 18.1. The van der Waals surface area contributed by atoms with Gasteiger partial charge in [0.05, 0.1) is 11.1 Å². The maximum Gasteiger partial charge on any atom is 0.336 e. The molecular formula is C19H14F3NO2. The quantitative estimate of drug-likeness (QED) is 0.781. The Hall–Kier alpha value is -3.07. The van der Waals surface area contributed by atoms with Crippen LogP contribution >= 0.6 is 0 Å². The molecule has 0 atom stereocenters. The van der Waals surface area contributed by atoms with Gasteiger partial charge in [0.15, 0.2) is 5.83 Å². The van der Waals surface area contributed by atoms with Gasteiger partial charge >= 0.3 is 5.97 Å². The third-order valence-corrected chi connectivity index (χ3v) is 3.63. The van der Waals surface area contributed by atoms with E-state index in [1.165, 1.54) is 24.3 Å². The zero-order chi connectivity index (χ0) is 18.6. The van der Waals surface area contributed by atoms with E-state index in [1.54, 1.807) is 13.0 Å². The molecule has 3 nitrogen and oxygen atoms in total. The van der Waals surface area contributed by atoms with Crippen molar-refractivity contribution in [1.29, 1.82) is 5.26 Å². The van der Waals surface area contributed by atoms with Crippen molar-refractivity contribution in [1.82, 2.24) is 0 Å². The fraction of sp³-hybridized carbons (Fsp3) is 0.158. The van der Waals surface area contributed by atoms with Crippen molar-refractivity contribution in [3.05, 3.63) is 64.7 Å². The summed E-state index contributed by atoms with van der Waals surface area (Å²) in [6.07, 6.45) is 0.418. The molecule has 0 bridgehead atoms. The number of benzene rings is 2. The molecule has 0 aliphatic carbocycles. The van der Waals surface area contributed by atoms with E-state index >= 15 is 0 Å². The fourth-order valence-electron chi connectivity index (χ4n) is 2.39. The van der Waals surface area contributed by atoms with Crippen molar-refractivity contribution in [2.75, 3.05) is 0 Å². The number of allylic oxidation sites excluding steroid dienone is 1. The van der Waals surface area contributed by atoms with Crippen LogP contribution in [0, 0.1) is 17.1 Å². The van der Waals surface area contributed by atoms with Crippen molar-refractivity contribution in [3.8, 4) is 17.2 Å². The van der Waals surface area contributed by atoms with Crippen LogP contribution in [0.5, 0.6) is 0 Å². The summed E-state index contributed by atoms with van der Waals surface area (Å²) in [6, 6.07) is 8.93. The van der Waals surface area contributed by atoms with Crippen molar-refractivity contribution in [3.63, 3.8) is 0 Å². The highest BCUT2D eigenvalue weighted by Crippen LogP contribution is 2.31. The lowest BCUT2D eigenvalue weighted by molar-refractivity contribution is 0.0697. The van der Waals surface area contributed by atoms with Gasteiger partial charge in [0.2, 0.25) is 0 Å². The van der Waals surface area contributed by atoms with Gasteiger partial charge in [-0.05, 0) is 24.1 Å². The SMILES string of the molecule is CCCC(F)=C(F)c1ccc(-c2c(C(=O)O)ccc(C#N)c2F)cc1. The molecule has 2 aromatic rings. The number of hydrogen-bond acceptors (Lipinski definition) is 2. The molecule has 0 fully saturated rings. The van der Waals surface area contributed by atoms with E-state index in [1.807, 2.05) is 0 Å². The van der Waals surface area contributed by atoms with Crippen molar-refractivity contribution >= 4 is 11.8 Å². The number of carboxylic acid groups (broad SMARTS) is 1. The van der Waals surface area contributed by atoms with Gasteiger partial charge < -0.3 is 5.11 Å². The molecular weight excluding hydrogens is 331 g/mol. The Morgan fingerprint density at radius 1 is 1.16 bits per heavy atom. The third-order valence-electron chi connectivity index (χ3n) is 3.63. The first-order valence-electron chi connectivity index (χ1n) is 7.51. The lowest BCUT2D eigenvalue weighted by Crippen LogP contribution is -2.03. The Kier molecular flexibility index (Phi) is 5.60. The van der Waals surface area contributed by atoms with Crippen LogP contribution in [-0.4, -0.2) is 11.1 Å². The molecule has 0 aromatic heterocycles. The topological polar surface area (TPSA) is 61.1 Å². The maximum absolute atomic E-state index is 14.4. The number of aromatic carboxylic acids is 1.